The Morgan fingerprint density at radius 1 is 1.28 bits per heavy atom. The minimum Gasteiger partial charge on any atom is -0.428 e. The number of likely N-dealkylation sites (tertiary alicyclic amines) is 1. The highest BCUT2D eigenvalue weighted by Gasteiger charge is 2.35. The van der Waals surface area contributed by atoms with Gasteiger partial charge in [-0.25, -0.2) is 9.78 Å². The molecule has 11 heteroatoms. The van der Waals surface area contributed by atoms with E-state index in [0.717, 1.165) is 5.56 Å². The second-order valence-corrected chi connectivity index (χ2v) is 8.08. The van der Waals surface area contributed by atoms with Crippen LogP contribution in [0.5, 0.6) is 0 Å². The largest absolute Gasteiger partial charge is 0.428 e. The highest BCUT2D eigenvalue weighted by molar-refractivity contribution is 6.32. The maximum Gasteiger partial charge on any atom is 0.413 e. The van der Waals surface area contributed by atoms with Crippen LogP contribution in [0.2, 0.25) is 5.02 Å². The molecule has 32 heavy (non-hydrogen) atoms. The number of ketones is 1. The number of fused-ring (bicyclic) bond motifs is 1. The third kappa shape index (κ3) is 5.43. The Kier molecular flexibility index (Phi) is 7.47. The normalized spacial score (nSPS) is 18.4. The van der Waals surface area contributed by atoms with Crippen molar-refractivity contribution >= 4 is 40.3 Å². The first-order chi connectivity index (χ1) is 15.2. The molecule has 0 saturated carbocycles. The standard InChI is InChI=1S/C21H24ClN3O7/c1-12-6-17-15(8-16(12)22)20(29)24(10-23-17)9-14(27)7-18-19(28)4-3-5-25(18)21(30)32-11-31-13(2)26/h6,8,10,18-19,28H,3-5,7,9,11H2,1-2H3. The fourth-order valence-electron chi connectivity index (χ4n) is 3.64. The lowest BCUT2D eigenvalue weighted by Crippen LogP contribution is -2.52. The van der Waals surface area contributed by atoms with Crippen molar-refractivity contribution in [2.75, 3.05) is 13.3 Å². The first-order valence-corrected chi connectivity index (χ1v) is 10.5. The van der Waals surface area contributed by atoms with Crippen LogP contribution in [0.25, 0.3) is 10.9 Å². The fourth-order valence-corrected chi connectivity index (χ4v) is 3.80. The van der Waals surface area contributed by atoms with E-state index in [1.54, 1.807) is 13.0 Å². The average Bonchev–Trinajstić information content (AvgIpc) is 2.73. The number of hydrogen-bond acceptors (Lipinski definition) is 8. The molecule has 1 N–H and O–H groups in total. The zero-order valence-electron chi connectivity index (χ0n) is 17.7. The summed E-state index contributed by atoms with van der Waals surface area (Å²) < 4.78 is 10.7. The Morgan fingerprint density at radius 2 is 2.03 bits per heavy atom. The minimum atomic E-state index is -0.929. The Bertz CT molecular complexity index is 1100. The smallest absolute Gasteiger partial charge is 0.413 e. The van der Waals surface area contributed by atoms with E-state index in [9.17, 15) is 24.3 Å². The van der Waals surface area contributed by atoms with E-state index in [1.807, 2.05) is 0 Å². The molecule has 1 amide bonds. The molecule has 1 saturated heterocycles. The lowest BCUT2D eigenvalue weighted by Gasteiger charge is -2.37. The van der Waals surface area contributed by atoms with Gasteiger partial charge < -0.3 is 19.5 Å². The van der Waals surface area contributed by atoms with Crippen LogP contribution in [0.15, 0.2) is 23.3 Å². The van der Waals surface area contributed by atoms with E-state index in [4.69, 9.17) is 16.3 Å². The number of hydrogen-bond donors (Lipinski definition) is 1. The summed E-state index contributed by atoms with van der Waals surface area (Å²) in [7, 11) is 0. The number of amides is 1. The van der Waals surface area contributed by atoms with E-state index < -0.39 is 36.6 Å². The van der Waals surface area contributed by atoms with Gasteiger partial charge in [-0.15, -0.1) is 0 Å². The lowest BCUT2D eigenvalue weighted by atomic mass is 9.95. The van der Waals surface area contributed by atoms with E-state index >= 15 is 0 Å². The van der Waals surface area contributed by atoms with E-state index in [1.165, 1.54) is 28.8 Å². The second kappa shape index (κ2) is 10.1. The van der Waals surface area contributed by atoms with Gasteiger partial charge >= 0.3 is 12.1 Å². The van der Waals surface area contributed by atoms with Gasteiger partial charge in [0.2, 0.25) is 6.79 Å². The number of aryl methyl sites for hydroxylation is 1. The predicted molar refractivity (Wildman–Crippen MR) is 114 cm³/mol. The Hall–Kier alpha value is -2.98. The molecule has 2 heterocycles. The first kappa shape index (κ1) is 23.7. The minimum absolute atomic E-state index is 0.178. The lowest BCUT2D eigenvalue weighted by molar-refractivity contribution is -0.150. The molecule has 3 rings (SSSR count). The van der Waals surface area contributed by atoms with Crippen LogP contribution in [0.3, 0.4) is 0 Å². The van der Waals surface area contributed by atoms with Gasteiger partial charge in [-0.1, -0.05) is 11.6 Å². The molecule has 2 atom stereocenters. The number of carbonyl (C=O) groups is 3. The van der Waals surface area contributed by atoms with Crippen molar-refractivity contribution in [2.45, 2.75) is 51.8 Å². The highest BCUT2D eigenvalue weighted by atomic mass is 35.5. The van der Waals surface area contributed by atoms with E-state index in [2.05, 4.69) is 9.72 Å². The van der Waals surface area contributed by atoms with Crippen molar-refractivity contribution in [3.63, 3.8) is 0 Å². The molecule has 10 nitrogen and oxygen atoms in total. The zero-order chi connectivity index (χ0) is 23.4. The van der Waals surface area contributed by atoms with Crippen LogP contribution in [0.4, 0.5) is 4.79 Å². The fraction of sp³-hybridized carbons (Fsp3) is 0.476. The molecule has 2 unspecified atom stereocenters. The number of aliphatic hydroxyl groups is 1. The number of esters is 1. The molecule has 0 aliphatic carbocycles. The second-order valence-electron chi connectivity index (χ2n) is 7.67. The van der Waals surface area contributed by atoms with Crippen LogP contribution >= 0.6 is 11.6 Å². The molecule has 1 aromatic heterocycles. The van der Waals surface area contributed by atoms with Gasteiger partial charge in [0, 0.05) is 24.9 Å². The number of benzene rings is 1. The van der Waals surface area contributed by atoms with Crippen molar-refractivity contribution in [1.29, 1.82) is 0 Å². The van der Waals surface area contributed by atoms with Crippen molar-refractivity contribution in [3.05, 3.63) is 39.4 Å². The number of halogens is 1. The molecule has 1 aliphatic heterocycles. The number of carbonyl (C=O) groups excluding carboxylic acids is 3. The highest BCUT2D eigenvalue weighted by Crippen LogP contribution is 2.22. The van der Waals surface area contributed by atoms with E-state index in [-0.39, 0.29) is 25.3 Å². The van der Waals surface area contributed by atoms with Gasteiger partial charge in [0.1, 0.15) is 0 Å². The van der Waals surface area contributed by atoms with Crippen LogP contribution < -0.4 is 5.56 Å². The van der Waals surface area contributed by atoms with Gasteiger partial charge in [-0.05, 0) is 37.5 Å². The van der Waals surface area contributed by atoms with Gasteiger partial charge in [0.05, 0.1) is 35.9 Å². The number of aliphatic hydroxyl groups excluding tert-OH is 1. The summed E-state index contributed by atoms with van der Waals surface area (Å²) in [5, 5.41) is 11.1. The molecular formula is C21H24ClN3O7. The molecule has 1 aliphatic rings. The number of rotatable bonds is 6. The maximum atomic E-state index is 12.8. The number of Topliss-reactive ketones (excluding diaryl/α,β-unsaturated/α-hetero) is 1. The summed E-state index contributed by atoms with van der Waals surface area (Å²) in [6.45, 7) is 2.44. The van der Waals surface area contributed by atoms with Gasteiger partial charge in [0.15, 0.2) is 5.78 Å². The molecule has 0 radical (unpaired) electrons. The topological polar surface area (TPSA) is 128 Å². The summed E-state index contributed by atoms with van der Waals surface area (Å²) in [6, 6.07) is 2.40. The number of nitrogens with zero attached hydrogens (tertiary/aromatic N) is 3. The van der Waals surface area contributed by atoms with Crippen LogP contribution in [0, 0.1) is 6.92 Å². The quantitative estimate of drug-likeness (QED) is 0.505. The average molecular weight is 466 g/mol. The SMILES string of the molecule is CC(=O)OCOC(=O)N1CCCC(O)C1CC(=O)Cn1cnc2cc(C)c(Cl)cc2c1=O. The molecule has 1 aromatic carbocycles. The summed E-state index contributed by atoms with van der Waals surface area (Å²) in [6.07, 6.45) is 0.338. The number of ether oxygens (including phenoxy) is 2. The van der Waals surface area contributed by atoms with Crippen molar-refractivity contribution in [1.82, 2.24) is 14.5 Å². The van der Waals surface area contributed by atoms with Crippen LogP contribution in [-0.2, 0) is 25.6 Å². The summed E-state index contributed by atoms with van der Waals surface area (Å²) in [4.78, 5) is 54.2. The number of aromatic nitrogens is 2. The maximum absolute atomic E-state index is 12.8. The Balaban J connectivity index is 1.72. The van der Waals surface area contributed by atoms with Gasteiger partial charge in [-0.2, -0.15) is 0 Å². The molecule has 2 aromatic rings. The first-order valence-electron chi connectivity index (χ1n) is 10.1. The molecular weight excluding hydrogens is 442 g/mol. The molecule has 0 bridgehead atoms. The zero-order valence-corrected chi connectivity index (χ0v) is 18.5. The van der Waals surface area contributed by atoms with Crippen molar-refractivity contribution in [3.8, 4) is 0 Å². The molecule has 0 spiro atoms. The Morgan fingerprint density at radius 3 is 2.75 bits per heavy atom. The van der Waals surface area contributed by atoms with Gasteiger partial charge in [0.25, 0.3) is 5.56 Å². The van der Waals surface area contributed by atoms with E-state index in [0.29, 0.717) is 28.8 Å². The van der Waals surface area contributed by atoms with Gasteiger partial charge in [-0.3, -0.25) is 19.0 Å². The third-order valence-electron chi connectivity index (χ3n) is 5.31. The number of piperidine rings is 1. The Labute approximate surface area is 188 Å². The van der Waals surface area contributed by atoms with Crippen molar-refractivity contribution in [2.24, 2.45) is 0 Å². The van der Waals surface area contributed by atoms with Crippen molar-refractivity contribution < 1.29 is 29.0 Å². The third-order valence-corrected chi connectivity index (χ3v) is 5.72. The summed E-state index contributed by atoms with van der Waals surface area (Å²) >= 11 is 6.11. The molecule has 172 valence electrons. The monoisotopic (exact) mass is 465 g/mol. The summed E-state index contributed by atoms with van der Waals surface area (Å²) in [5.74, 6) is -0.968. The van der Waals surface area contributed by atoms with Crippen LogP contribution in [0.1, 0.15) is 31.7 Å². The summed E-state index contributed by atoms with van der Waals surface area (Å²) in [5.41, 5.74) is 0.851. The molecule has 1 fully saturated rings. The van der Waals surface area contributed by atoms with Crippen LogP contribution in [-0.4, -0.2) is 62.9 Å². The predicted octanol–water partition coefficient (Wildman–Crippen LogP) is 1.80.